The fraction of sp³-hybridized carbons (Fsp3) is 0.182. The summed E-state index contributed by atoms with van der Waals surface area (Å²) in [5, 5.41) is 0. The lowest BCUT2D eigenvalue weighted by Crippen LogP contribution is -2.27. The van der Waals surface area contributed by atoms with Gasteiger partial charge in [-0.1, -0.05) is 30.3 Å². The minimum Gasteiger partial charge on any atom is -0.493 e. The Bertz CT molecular complexity index is 1210. The van der Waals surface area contributed by atoms with Crippen molar-refractivity contribution in [1.82, 2.24) is 0 Å². The number of rotatable bonds is 6. The molecule has 0 aromatic heterocycles. The van der Waals surface area contributed by atoms with E-state index in [4.69, 9.17) is 14.3 Å². The highest BCUT2D eigenvalue weighted by molar-refractivity contribution is 7.92. The van der Waals surface area contributed by atoms with Crippen molar-refractivity contribution < 1.29 is 35.9 Å². The molecule has 0 fully saturated rings. The SMILES string of the molecule is COc1cc2c(cc1OCc1ccccc1)CON2S(=O)(=O)c1ccc(C(F)(F)F)cc1. The maximum atomic E-state index is 13.0. The summed E-state index contributed by atoms with van der Waals surface area (Å²) in [7, 11) is -2.84. The van der Waals surface area contributed by atoms with Crippen LogP contribution in [0.4, 0.5) is 18.9 Å². The molecule has 0 unspecified atom stereocenters. The van der Waals surface area contributed by atoms with Gasteiger partial charge in [-0.15, -0.1) is 4.47 Å². The van der Waals surface area contributed by atoms with Gasteiger partial charge >= 0.3 is 6.18 Å². The van der Waals surface area contributed by atoms with E-state index in [9.17, 15) is 21.6 Å². The Morgan fingerprint density at radius 3 is 2.31 bits per heavy atom. The molecule has 1 aliphatic heterocycles. The number of methoxy groups -OCH3 is 1. The van der Waals surface area contributed by atoms with Gasteiger partial charge in [0.15, 0.2) is 11.5 Å². The van der Waals surface area contributed by atoms with Gasteiger partial charge in [-0.05, 0) is 35.9 Å². The van der Waals surface area contributed by atoms with Crippen molar-refractivity contribution in [1.29, 1.82) is 0 Å². The quantitative estimate of drug-likeness (QED) is 0.516. The molecule has 1 aliphatic rings. The van der Waals surface area contributed by atoms with Crippen molar-refractivity contribution in [3.63, 3.8) is 0 Å². The van der Waals surface area contributed by atoms with Crippen molar-refractivity contribution in [2.24, 2.45) is 0 Å². The maximum Gasteiger partial charge on any atom is 0.416 e. The fourth-order valence-electron chi connectivity index (χ4n) is 3.19. The Kier molecular flexibility index (Phi) is 5.74. The average molecular weight is 465 g/mol. The van der Waals surface area contributed by atoms with Gasteiger partial charge < -0.3 is 9.47 Å². The number of nitrogens with zero attached hydrogens (tertiary/aromatic N) is 1. The lowest BCUT2D eigenvalue weighted by molar-refractivity contribution is -0.137. The predicted octanol–water partition coefficient (Wildman–Crippen LogP) is 4.93. The number of benzene rings is 3. The van der Waals surface area contributed by atoms with Gasteiger partial charge in [0.1, 0.15) is 13.2 Å². The zero-order valence-corrected chi connectivity index (χ0v) is 17.6. The summed E-state index contributed by atoms with van der Waals surface area (Å²) in [4.78, 5) is 5.04. The van der Waals surface area contributed by atoms with Gasteiger partial charge in [0.2, 0.25) is 0 Å². The van der Waals surface area contributed by atoms with Crippen LogP contribution in [-0.4, -0.2) is 15.5 Å². The highest BCUT2D eigenvalue weighted by Gasteiger charge is 2.35. The Hall–Kier alpha value is -3.24. The van der Waals surface area contributed by atoms with Crippen LogP contribution in [0.2, 0.25) is 0 Å². The third-order valence-corrected chi connectivity index (χ3v) is 6.44. The molecular formula is C22H18F3NO5S. The molecule has 0 atom stereocenters. The smallest absolute Gasteiger partial charge is 0.416 e. The Labute approximate surface area is 182 Å². The molecule has 32 heavy (non-hydrogen) atoms. The first-order valence-corrected chi connectivity index (χ1v) is 10.9. The van der Waals surface area contributed by atoms with Gasteiger partial charge in [-0.2, -0.15) is 21.6 Å². The number of sulfonamides is 1. The lowest BCUT2D eigenvalue weighted by atomic mass is 10.1. The van der Waals surface area contributed by atoms with Crippen LogP contribution in [0.1, 0.15) is 16.7 Å². The minimum absolute atomic E-state index is 0.0547. The molecule has 3 aromatic rings. The number of halogens is 3. The van der Waals surface area contributed by atoms with E-state index < -0.39 is 21.8 Å². The number of alkyl halides is 3. The second-order valence-corrected chi connectivity index (χ2v) is 8.69. The molecule has 0 saturated carbocycles. The molecule has 3 aromatic carbocycles. The molecule has 0 spiro atoms. The van der Waals surface area contributed by atoms with Crippen LogP contribution in [0.25, 0.3) is 0 Å². The highest BCUT2D eigenvalue weighted by Crippen LogP contribution is 2.42. The number of fused-ring (bicyclic) bond motifs is 1. The molecule has 168 valence electrons. The van der Waals surface area contributed by atoms with Crippen LogP contribution in [0, 0.1) is 0 Å². The van der Waals surface area contributed by atoms with E-state index in [-0.39, 0.29) is 29.5 Å². The van der Waals surface area contributed by atoms with E-state index in [0.29, 0.717) is 27.9 Å². The summed E-state index contributed by atoms with van der Waals surface area (Å²) in [6.07, 6.45) is -4.57. The molecule has 10 heteroatoms. The van der Waals surface area contributed by atoms with Crippen LogP contribution in [0.5, 0.6) is 11.5 Å². The molecule has 0 amide bonds. The zero-order valence-electron chi connectivity index (χ0n) is 16.8. The topological polar surface area (TPSA) is 65.1 Å². The third-order valence-electron chi connectivity index (χ3n) is 4.83. The van der Waals surface area contributed by atoms with Crippen molar-refractivity contribution in [3.8, 4) is 11.5 Å². The average Bonchev–Trinajstić information content (AvgIpc) is 3.20. The molecular weight excluding hydrogens is 447 g/mol. The van der Waals surface area contributed by atoms with Crippen molar-refractivity contribution in [2.45, 2.75) is 24.3 Å². The van der Waals surface area contributed by atoms with Crippen LogP contribution >= 0.6 is 0 Å². The predicted molar refractivity (Wildman–Crippen MR) is 110 cm³/mol. The zero-order chi connectivity index (χ0) is 22.9. The Morgan fingerprint density at radius 2 is 1.69 bits per heavy atom. The van der Waals surface area contributed by atoms with E-state index >= 15 is 0 Å². The fourth-order valence-corrected chi connectivity index (χ4v) is 4.48. The number of hydrogen-bond donors (Lipinski definition) is 0. The van der Waals surface area contributed by atoms with Crippen molar-refractivity contribution in [3.05, 3.63) is 83.4 Å². The molecule has 0 N–H and O–H groups in total. The second kappa shape index (κ2) is 8.36. The summed E-state index contributed by atoms with van der Waals surface area (Å²) in [5.74, 6) is 0.699. The summed E-state index contributed by atoms with van der Waals surface area (Å²) < 4.78 is 76.3. The first kappa shape index (κ1) is 22.0. The Morgan fingerprint density at radius 1 is 1.00 bits per heavy atom. The number of hydrogen-bond acceptors (Lipinski definition) is 5. The van der Waals surface area contributed by atoms with Crippen LogP contribution < -0.4 is 13.9 Å². The Balaban J connectivity index is 1.61. The number of ether oxygens (including phenoxy) is 2. The first-order chi connectivity index (χ1) is 15.2. The normalized spacial score (nSPS) is 13.7. The van der Waals surface area contributed by atoms with Gasteiger partial charge in [0.25, 0.3) is 10.0 Å². The monoisotopic (exact) mass is 465 g/mol. The van der Waals surface area contributed by atoms with E-state index in [1.165, 1.54) is 13.2 Å². The lowest BCUT2D eigenvalue weighted by Gasteiger charge is -2.19. The van der Waals surface area contributed by atoms with E-state index in [2.05, 4.69) is 0 Å². The van der Waals surface area contributed by atoms with Gasteiger partial charge in [0.05, 0.1) is 23.3 Å². The molecule has 0 aliphatic carbocycles. The van der Waals surface area contributed by atoms with Gasteiger partial charge in [0, 0.05) is 11.6 Å². The van der Waals surface area contributed by atoms with Gasteiger partial charge in [-0.3, -0.25) is 4.84 Å². The summed E-state index contributed by atoms with van der Waals surface area (Å²) in [6, 6.07) is 15.8. The van der Waals surface area contributed by atoms with E-state index in [0.717, 1.165) is 17.7 Å². The summed E-state index contributed by atoms with van der Waals surface area (Å²) >= 11 is 0. The van der Waals surface area contributed by atoms with Crippen LogP contribution in [0.15, 0.2) is 71.6 Å². The number of anilines is 1. The van der Waals surface area contributed by atoms with Crippen LogP contribution in [-0.2, 0) is 34.3 Å². The van der Waals surface area contributed by atoms with Crippen molar-refractivity contribution >= 4 is 15.7 Å². The molecule has 0 radical (unpaired) electrons. The molecule has 1 heterocycles. The van der Waals surface area contributed by atoms with Crippen LogP contribution in [0.3, 0.4) is 0 Å². The summed E-state index contributed by atoms with van der Waals surface area (Å²) in [6.45, 7) is 0.227. The highest BCUT2D eigenvalue weighted by atomic mass is 32.2. The summed E-state index contributed by atoms with van der Waals surface area (Å²) in [5.41, 5.74) is 0.733. The molecule has 6 nitrogen and oxygen atoms in total. The van der Waals surface area contributed by atoms with Gasteiger partial charge in [-0.25, -0.2) is 0 Å². The molecule has 0 bridgehead atoms. The third kappa shape index (κ3) is 4.23. The molecule has 4 rings (SSSR count). The maximum absolute atomic E-state index is 13.0. The second-order valence-electron chi connectivity index (χ2n) is 6.93. The standard InChI is InChI=1S/C22H18F3NO5S/c1-29-20-12-19-16(11-21(20)30-13-15-5-3-2-4-6-15)14-31-26(19)32(27,28)18-9-7-17(8-10-18)22(23,24)25/h2-12H,13-14H2,1H3. The molecule has 0 saturated heterocycles. The van der Waals surface area contributed by atoms with E-state index in [1.54, 1.807) is 6.07 Å². The van der Waals surface area contributed by atoms with Crippen molar-refractivity contribution in [2.75, 3.05) is 11.6 Å². The largest absolute Gasteiger partial charge is 0.493 e. The first-order valence-electron chi connectivity index (χ1n) is 9.43. The minimum atomic E-state index is -4.57. The van der Waals surface area contributed by atoms with E-state index in [1.807, 2.05) is 30.3 Å².